The van der Waals surface area contributed by atoms with Crippen molar-refractivity contribution in [2.45, 2.75) is 41.0 Å². The van der Waals surface area contributed by atoms with Crippen LogP contribution in [0.25, 0.3) is 0 Å². The molecule has 0 saturated carbocycles. The van der Waals surface area contributed by atoms with Gasteiger partial charge in [-0.05, 0) is 48.7 Å². The lowest BCUT2D eigenvalue weighted by atomic mass is 9.95. The van der Waals surface area contributed by atoms with Crippen molar-refractivity contribution >= 4 is 23.4 Å². The summed E-state index contributed by atoms with van der Waals surface area (Å²) >= 11 is 0. The molecule has 0 saturated heterocycles. The lowest BCUT2D eigenvalue weighted by Gasteiger charge is -2.18. The van der Waals surface area contributed by atoms with E-state index in [0.29, 0.717) is 35.3 Å². The van der Waals surface area contributed by atoms with Gasteiger partial charge >= 0.3 is 0 Å². The van der Waals surface area contributed by atoms with Crippen molar-refractivity contribution in [3.8, 4) is 11.5 Å². The number of hydrogen-bond acceptors (Lipinski definition) is 5. The van der Waals surface area contributed by atoms with Crippen LogP contribution in [-0.4, -0.2) is 31.4 Å². The van der Waals surface area contributed by atoms with Crippen LogP contribution in [0, 0.1) is 11.3 Å². The molecule has 8 nitrogen and oxygen atoms in total. The Morgan fingerprint density at radius 2 is 1.55 bits per heavy atom. The summed E-state index contributed by atoms with van der Waals surface area (Å²) in [7, 11) is 1.50. The van der Waals surface area contributed by atoms with Crippen LogP contribution in [0.15, 0.2) is 42.5 Å². The summed E-state index contributed by atoms with van der Waals surface area (Å²) in [6.07, 6.45) is 0.901. The summed E-state index contributed by atoms with van der Waals surface area (Å²) in [5.41, 5.74) is 5.28. The molecule has 0 aliphatic rings. The van der Waals surface area contributed by atoms with Crippen LogP contribution >= 0.6 is 0 Å². The summed E-state index contributed by atoms with van der Waals surface area (Å²) in [6.45, 7) is 10.2. The second kappa shape index (κ2) is 11.4. The van der Waals surface area contributed by atoms with E-state index in [1.54, 1.807) is 57.2 Å². The number of hydrogen-bond donors (Lipinski definition) is 3. The minimum atomic E-state index is -0.567. The zero-order chi connectivity index (χ0) is 24.6. The maximum Gasteiger partial charge on any atom is 0.269 e. The molecular weight excluding hydrogens is 422 g/mol. The first-order valence-corrected chi connectivity index (χ1v) is 10.8. The number of carbonyl (C=O) groups excluding carboxylic acids is 3. The molecule has 0 fully saturated rings. The van der Waals surface area contributed by atoms with E-state index in [4.69, 9.17) is 9.47 Å². The molecule has 33 heavy (non-hydrogen) atoms. The molecule has 8 heteroatoms. The molecule has 0 atom stereocenters. The molecule has 0 aliphatic heterocycles. The molecule has 0 heterocycles. The number of benzene rings is 2. The van der Waals surface area contributed by atoms with Crippen molar-refractivity contribution in [1.82, 2.24) is 10.9 Å². The highest BCUT2D eigenvalue weighted by Crippen LogP contribution is 2.28. The standard InChI is InChI=1S/C25H33N3O5/c1-16(2)12-13-33-20-11-10-18(15-21(20)32-6)23(30)28-27-22(29)17-8-7-9-19(14-17)26-24(31)25(3,4)5/h7-11,14-16H,12-13H2,1-6H3,(H,26,31)(H,27,29)(H,28,30). The van der Waals surface area contributed by atoms with E-state index in [-0.39, 0.29) is 11.5 Å². The largest absolute Gasteiger partial charge is 0.493 e. The Kier molecular flexibility index (Phi) is 8.85. The predicted octanol–water partition coefficient (Wildman–Crippen LogP) is 4.18. The van der Waals surface area contributed by atoms with Gasteiger partial charge in [0.25, 0.3) is 11.8 Å². The normalized spacial score (nSPS) is 11.0. The number of methoxy groups -OCH3 is 1. The van der Waals surface area contributed by atoms with Gasteiger partial charge in [-0.2, -0.15) is 0 Å². The van der Waals surface area contributed by atoms with Crippen LogP contribution in [-0.2, 0) is 4.79 Å². The van der Waals surface area contributed by atoms with Crippen LogP contribution in [0.3, 0.4) is 0 Å². The average molecular weight is 456 g/mol. The van der Waals surface area contributed by atoms with Crippen molar-refractivity contribution < 1.29 is 23.9 Å². The molecule has 0 unspecified atom stereocenters. The Bertz CT molecular complexity index is 996. The van der Waals surface area contributed by atoms with Crippen LogP contribution in [0.2, 0.25) is 0 Å². The zero-order valence-corrected chi connectivity index (χ0v) is 20.1. The van der Waals surface area contributed by atoms with E-state index < -0.39 is 17.2 Å². The van der Waals surface area contributed by atoms with Crippen LogP contribution in [0.1, 0.15) is 61.8 Å². The smallest absolute Gasteiger partial charge is 0.269 e. The summed E-state index contributed by atoms with van der Waals surface area (Å²) in [5, 5.41) is 2.77. The van der Waals surface area contributed by atoms with Crippen LogP contribution in [0.4, 0.5) is 5.69 Å². The number of anilines is 1. The summed E-state index contributed by atoms with van der Waals surface area (Å²) in [5.74, 6) is 0.301. The molecule has 0 spiro atoms. The molecule has 0 radical (unpaired) electrons. The monoisotopic (exact) mass is 455 g/mol. The van der Waals surface area contributed by atoms with Gasteiger partial charge in [-0.3, -0.25) is 25.2 Å². The molecule has 178 valence electrons. The molecule has 0 bridgehead atoms. The molecule has 0 aliphatic carbocycles. The Morgan fingerprint density at radius 3 is 2.12 bits per heavy atom. The second-order valence-electron chi connectivity index (χ2n) is 9.09. The Labute approximate surface area is 195 Å². The van der Waals surface area contributed by atoms with E-state index in [2.05, 4.69) is 30.0 Å². The lowest BCUT2D eigenvalue weighted by molar-refractivity contribution is -0.123. The third kappa shape index (κ3) is 7.82. The fourth-order valence-corrected chi connectivity index (χ4v) is 2.65. The van der Waals surface area contributed by atoms with Gasteiger partial charge < -0.3 is 14.8 Å². The highest BCUT2D eigenvalue weighted by molar-refractivity contribution is 6.01. The Hall–Kier alpha value is -3.55. The second-order valence-corrected chi connectivity index (χ2v) is 9.09. The first kappa shape index (κ1) is 25.7. The minimum Gasteiger partial charge on any atom is -0.493 e. The van der Waals surface area contributed by atoms with E-state index in [1.807, 2.05) is 0 Å². The molecule has 2 aromatic rings. The molecule has 3 N–H and O–H groups in total. The molecular formula is C25H33N3O5. The quantitative estimate of drug-likeness (QED) is 0.518. The van der Waals surface area contributed by atoms with Crippen molar-refractivity contribution in [1.29, 1.82) is 0 Å². The maximum absolute atomic E-state index is 12.5. The zero-order valence-electron chi connectivity index (χ0n) is 20.1. The number of carbonyl (C=O) groups is 3. The third-order valence-electron chi connectivity index (χ3n) is 4.73. The number of rotatable bonds is 8. The fraction of sp³-hybridized carbons (Fsp3) is 0.400. The van der Waals surface area contributed by atoms with Gasteiger partial charge in [0.1, 0.15) is 0 Å². The Morgan fingerprint density at radius 1 is 0.909 bits per heavy atom. The number of ether oxygens (including phenoxy) is 2. The summed E-state index contributed by atoms with van der Waals surface area (Å²) < 4.78 is 11.1. The number of nitrogens with one attached hydrogen (secondary N) is 3. The van der Waals surface area contributed by atoms with Gasteiger partial charge in [0.05, 0.1) is 13.7 Å². The Balaban J connectivity index is 1.99. The first-order chi connectivity index (χ1) is 15.5. The van der Waals surface area contributed by atoms with Crippen molar-refractivity contribution in [2.24, 2.45) is 11.3 Å². The average Bonchev–Trinajstić information content (AvgIpc) is 2.76. The van der Waals surface area contributed by atoms with E-state index in [1.165, 1.54) is 13.2 Å². The van der Waals surface area contributed by atoms with E-state index >= 15 is 0 Å². The van der Waals surface area contributed by atoms with Gasteiger partial charge in [-0.1, -0.05) is 40.7 Å². The molecule has 2 aromatic carbocycles. The van der Waals surface area contributed by atoms with Gasteiger partial charge in [-0.25, -0.2) is 0 Å². The first-order valence-electron chi connectivity index (χ1n) is 10.8. The van der Waals surface area contributed by atoms with E-state index in [0.717, 1.165) is 6.42 Å². The summed E-state index contributed by atoms with van der Waals surface area (Å²) in [4.78, 5) is 37.2. The highest BCUT2D eigenvalue weighted by atomic mass is 16.5. The number of hydrazine groups is 1. The lowest BCUT2D eigenvalue weighted by Crippen LogP contribution is -2.41. The van der Waals surface area contributed by atoms with Gasteiger partial charge in [0.2, 0.25) is 5.91 Å². The molecule has 0 aromatic heterocycles. The highest BCUT2D eigenvalue weighted by Gasteiger charge is 2.21. The SMILES string of the molecule is COc1cc(C(=O)NNC(=O)c2cccc(NC(=O)C(C)(C)C)c2)ccc1OCCC(C)C. The van der Waals surface area contributed by atoms with Crippen LogP contribution in [0.5, 0.6) is 11.5 Å². The third-order valence-corrected chi connectivity index (χ3v) is 4.73. The number of amides is 3. The summed E-state index contributed by atoms with van der Waals surface area (Å²) in [6, 6.07) is 11.3. The predicted molar refractivity (Wildman–Crippen MR) is 127 cm³/mol. The molecule has 2 rings (SSSR count). The topological polar surface area (TPSA) is 106 Å². The minimum absolute atomic E-state index is 0.168. The van der Waals surface area contributed by atoms with Gasteiger partial charge in [-0.15, -0.1) is 0 Å². The van der Waals surface area contributed by atoms with Crippen LogP contribution < -0.4 is 25.6 Å². The molecule has 3 amide bonds. The van der Waals surface area contributed by atoms with Crippen molar-refractivity contribution in [3.63, 3.8) is 0 Å². The van der Waals surface area contributed by atoms with Gasteiger partial charge in [0, 0.05) is 22.2 Å². The fourth-order valence-electron chi connectivity index (χ4n) is 2.65. The maximum atomic E-state index is 12.5. The van der Waals surface area contributed by atoms with E-state index in [9.17, 15) is 14.4 Å². The van der Waals surface area contributed by atoms with Crippen molar-refractivity contribution in [2.75, 3.05) is 19.0 Å². The van der Waals surface area contributed by atoms with Gasteiger partial charge in [0.15, 0.2) is 11.5 Å². The van der Waals surface area contributed by atoms with Crippen molar-refractivity contribution in [3.05, 3.63) is 53.6 Å².